The van der Waals surface area contributed by atoms with Crippen LogP contribution in [0.4, 0.5) is 5.69 Å². The zero-order valence-electron chi connectivity index (χ0n) is 20.9. The predicted octanol–water partition coefficient (Wildman–Crippen LogP) is 2.33. The lowest BCUT2D eigenvalue weighted by atomic mass is 9.76. The Morgan fingerprint density at radius 3 is 2.69 bits per heavy atom. The summed E-state index contributed by atoms with van der Waals surface area (Å²) < 4.78 is 5.95. The Labute approximate surface area is 209 Å². The van der Waals surface area contributed by atoms with Crippen LogP contribution in [0.2, 0.25) is 0 Å². The zero-order valence-corrected chi connectivity index (χ0v) is 20.9. The van der Waals surface area contributed by atoms with E-state index in [-0.39, 0.29) is 23.1 Å². The maximum absolute atomic E-state index is 13.2. The van der Waals surface area contributed by atoms with Crippen LogP contribution in [0.25, 0.3) is 0 Å². The van der Waals surface area contributed by atoms with Crippen molar-refractivity contribution in [1.29, 1.82) is 0 Å². The average molecular weight is 495 g/mol. The molecule has 2 aliphatic heterocycles. The van der Waals surface area contributed by atoms with Crippen molar-refractivity contribution in [3.8, 4) is 0 Å². The van der Waals surface area contributed by atoms with Crippen LogP contribution in [-0.2, 0) is 27.2 Å². The summed E-state index contributed by atoms with van der Waals surface area (Å²) in [7, 11) is 0. The molecule has 5 rings (SSSR count). The predicted molar refractivity (Wildman–Crippen MR) is 135 cm³/mol. The Morgan fingerprint density at radius 2 is 1.94 bits per heavy atom. The number of hydrogen-bond acceptors (Lipinski definition) is 5. The Morgan fingerprint density at radius 1 is 1.17 bits per heavy atom. The fourth-order valence-electron chi connectivity index (χ4n) is 5.83. The number of fused-ring (bicyclic) bond motifs is 1. The molecule has 36 heavy (non-hydrogen) atoms. The molecule has 2 unspecified atom stereocenters. The summed E-state index contributed by atoms with van der Waals surface area (Å²) >= 11 is 0. The minimum absolute atomic E-state index is 0.0688. The van der Waals surface area contributed by atoms with E-state index in [9.17, 15) is 19.2 Å². The third-order valence-corrected chi connectivity index (χ3v) is 8.13. The number of carbonyl (C=O) groups excluding carboxylic acids is 2. The molecule has 2 amide bonds. The lowest BCUT2D eigenvalue weighted by Crippen LogP contribution is -2.47. The summed E-state index contributed by atoms with van der Waals surface area (Å²) in [5, 5.41) is 3.01. The zero-order chi connectivity index (χ0) is 25.4. The van der Waals surface area contributed by atoms with Crippen molar-refractivity contribution in [3.05, 3.63) is 61.9 Å². The molecule has 3 N–H and O–H groups in total. The van der Waals surface area contributed by atoms with E-state index in [2.05, 4.69) is 35.2 Å². The number of aryl methyl sites for hydroxylation is 1. The van der Waals surface area contributed by atoms with Gasteiger partial charge in [-0.05, 0) is 62.1 Å². The molecule has 2 saturated heterocycles. The minimum atomic E-state index is -0.500. The van der Waals surface area contributed by atoms with Crippen molar-refractivity contribution in [2.45, 2.75) is 64.4 Å². The summed E-state index contributed by atoms with van der Waals surface area (Å²) in [6.07, 6.45) is 3.25. The van der Waals surface area contributed by atoms with Gasteiger partial charge in [-0.15, -0.1) is 0 Å². The summed E-state index contributed by atoms with van der Waals surface area (Å²) in [6, 6.07) is 7.91. The molecule has 1 aliphatic carbocycles. The molecular formula is C27H34N4O5. The number of rotatable bonds is 4. The van der Waals surface area contributed by atoms with E-state index in [1.807, 2.05) is 23.1 Å². The fraction of sp³-hybridized carbons (Fsp3) is 0.556. The monoisotopic (exact) mass is 494 g/mol. The van der Waals surface area contributed by atoms with E-state index < -0.39 is 17.4 Å². The maximum Gasteiger partial charge on any atom is 0.325 e. The molecule has 3 heterocycles. The van der Waals surface area contributed by atoms with Gasteiger partial charge in [-0.3, -0.25) is 19.4 Å². The van der Waals surface area contributed by atoms with Gasteiger partial charge in [0.25, 0.3) is 11.5 Å². The van der Waals surface area contributed by atoms with E-state index in [0.29, 0.717) is 62.6 Å². The second-order valence-corrected chi connectivity index (χ2v) is 10.9. The van der Waals surface area contributed by atoms with Gasteiger partial charge in [0.1, 0.15) is 6.10 Å². The van der Waals surface area contributed by atoms with Gasteiger partial charge in [0.2, 0.25) is 5.91 Å². The first-order chi connectivity index (χ1) is 17.2. The van der Waals surface area contributed by atoms with Gasteiger partial charge in [-0.25, -0.2) is 4.79 Å². The third-order valence-electron chi connectivity index (χ3n) is 8.13. The van der Waals surface area contributed by atoms with E-state index in [1.165, 1.54) is 5.56 Å². The highest BCUT2D eigenvalue weighted by atomic mass is 16.5. The molecule has 3 aliphatic rings. The Kier molecular flexibility index (Phi) is 6.59. The number of aromatic amines is 2. The molecule has 0 bridgehead atoms. The molecule has 0 radical (unpaired) electrons. The molecule has 192 valence electrons. The largest absolute Gasteiger partial charge is 0.368 e. The summed E-state index contributed by atoms with van der Waals surface area (Å²) in [4.78, 5) is 56.7. The molecule has 9 nitrogen and oxygen atoms in total. The third kappa shape index (κ3) is 4.89. The second-order valence-electron chi connectivity index (χ2n) is 10.9. The molecule has 1 aromatic heterocycles. The van der Waals surface area contributed by atoms with Crippen molar-refractivity contribution in [2.24, 2.45) is 11.3 Å². The van der Waals surface area contributed by atoms with Crippen LogP contribution in [0.15, 0.2) is 33.9 Å². The number of H-pyrrole nitrogens is 2. The van der Waals surface area contributed by atoms with Crippen LogP contribution < -0.4 is 16.6 Å². The van der Waals surface area contributed by atoms with Gasteiger partial charge in [0.05, 0.1) is 6.61 Å². The van der Waals surface area contributed by atoms with Crippen molar-refractivity contribution >= 4 is 17.5 Å². The van der Waals surface area contributed by atoms with Gasteiger partial charge in [-0.2, -0.15) is 0 Å². The Balaban J connectivity index is 1.16. The number of amides is 2. The van der Waals surface area contributed by atoms with Crippen molar-refractivity contribution in [3.63, 3.8) is 0 Å². The van der Waals surface area contributed by atoms with Crippen LogP contribution in [0.5, 0.6) is 0 Å². The minimum Gasteiger partial charge on any atom is -0.368 e. The van der Waals surface area contributed by atoms with Crippen LogP contribution in [0.3, 0.4) is 0 Å². The summed E-state index contributed by atoms with van der Waals surface area (Å²) in [5.41, 5.74) is 2.14. The van der Waals surface area contributed by atoms with Crippen LogP contribution >= 0.6 is 0 Å². The lowest BCUT2D eigenvalue weighted by molar-refractivity contribution is -0.138. The Bertz CT molecular complexity index is 1270. The van der Waals surface area contributed by atoms with E-state index in [4.69, 9.17) is 4.74 Å². The van der Waals surface area contributed by atoms with Gasteiger partial charge in [0, 0.05) is 41.4 Å². The normalized spacial score (nSPS) is 23.0. The molecule has 2 aromatic rings. The number of carbonyl (C=O) groups is 2. The first-order valence-corrected chi connectivity index (χ1v) is 12.9. The number of ether oxygens (including phenoxy) is 1. The number of aromatic nitrogens is 2. The SMILES string of the molecule is CC(C)c1cccc(NC(=O)C2CC3(CCN(C(=O)C4CCc5[nH]c(=O)[nH]c(=O)c5C4)CC3)CO2)c1. The lowest BCUT2D eigenvalue weighted by Gasteiger charge is -2.40. The number of anilines is 1. The highest BCUT2D eigenvalue weighted by Gasteiger charge is 2.46. The average Bonchev–Trinajstić information content (AvgIpc) is 3.27. The van der Waals surface area contributed by atoms with Crippen molar-refractivity contribution in [1.82, 2.24) is 14.9 Å². The van der Waals surface area contributed by atoms with E-state index >= 15 is 0 Å². The standard InChI is InChI=1S/C27H34N4O5/c1-16(2)17-4-3-5-19(12-17)28-24(33)22-14-27(15-36-22)8-10-31(11-9-27)25(34)18-6-7-21-20(13-18)23(32)30-26(35)29-21/h3-5,12,16,18,22H,6-11,13-15H2,1-2H3,(H,28,33)(H2,29,30,32,35). The number of nitrogens with zero attached hydrogens (tertiary/aromatic N) is 1. The van der Waals surface area contributed by atoms with Crippen molar-refractivity contribution in [2.75, 3.05) is 25.0 Å². The fourth-order valence-corrected chi connectivity index (χ4v) is 5.83. The number of likely N-dealkylation sites (tertiary alicyclic amines) is 1. The van der Waals surface area contributed by atoms with Crippen molar-refractivity contribution < 1.29 is 14.3 Å². The first-order valence-electron chi connectivity index (χ1n) is 12.9. The molecule has 0 saturated carbocycles. The molecule has 2 atom stereocenters. The molecule has 2 fully saturated rings. The van der Waals surface area contributed by atoms with Gasteiger partial charge in [0.15, 0.2) is 0 Å². The quantitative estimate of drug-likeness (QED) is 0.602. The van der Waals surface area contributed by atoms with Gasteiger partial charge < -0.3 is 19.9 Å². The summed E-state index contributed by atoms with van der Waals surface area (Å²) in [6.45, 7) is 6.02. The topological polar surface area (TPSA) is 124 Å². The van der Waals surface area contributed by atoms with Gasteiger partial charge in [-0.1, -0.05) is 26.0 Å². The number of nitrogens with one attached hydrogen (secondary N) is 3. The van der Waals surface area contributed by atoms with Crippen LogP contribution in [-0.4, -0.2) is 52.5 Å². The Hall–Kier alpha value is -3.20. The molecule has 1 aromatic carbocycles. The number of benzene rings is 1. The molecule has 1 spiro atoms. The highest BCUT2D eigenvalue weighted by molar-refractivity contribution is 5.94. The van der Waals surface area contributed by atoms with Gasteiger partial charge >= 0.3 is 5.69 Å². The highest BCUT2D eigenvalue weighted by Crippen LogP contribution is 2.42. The summed E-state index contributed by atoms with van der Waals surface area (Å²) in [5.74, 6) is 0.0853. The smallest absolute Gasteiger partial charge is 0.325 e. The van der Waals surface area contributed by atoms with E-state index in [0.717, 1.165) is 18.5 Å². The molecule has 9 heteroatoms. The first kappa shape index (κ1) is 24.5. The maximum atomic E-state index is 13.2. The number of piperidine rings is 1. The van der Waals surface area contributed by atoms with E-state index in [1.54, 1.807) is 0 Å². The second kappa shape index (κ2) is 9.69. The molecular weight excluding hydrogens is 460 g/mol. The van der Waals surface area contributed by atoms with Crippen LogP contribution in [0, 0.1) is 11.3 Å². The number of hydrogen-bond donors (Lipinski definition) is 3. The van der Waals surface area contributed by atoms with Crippen LogP contribution in [0.1, 0.15) is 62.3 Å².